The first kappa shape index (κ1) is 12.1. The number of rotatable bonds is 4. The van der Waals surface area contributed by atoms with Crippen molar-refractivity contribution in [2.75, 3.05) is 5.32 Å². The number of nitriles is 1. The van der Waals surface area contributed by atoms with Crippen molar-refractivity contribution >= 4 is 17.1 Å². The molecular formula is C9H6N8O2. The van der Waals surface area contributed by atoms with Crippen LogP contribution in [0.2, 0.25) is 0 Å². The smallest absolute Gasteiger partial charge is 0.311 e. The number of hydrogen-bond acceptors (Lipinski definition) is 8. The second-order valence-electron chi connectivity index (χ2n) is 3.19. The predicted octanol–water partition coefficient (Wildman–Crippen LogP) is 0.479. The van der Waals surface area contributed by atoms with Gasteiger partial charge in [-0.15, -0.1) is 5.10 Å². The SMILES string of the molecule is N#CC(=CNc1ncccc1[N+](=O)[O-])c1nnn[nH]1. The van der Waals surface area contributed by atoms with E-state index in [9.17, 15) is 10.1 Å². The number of nitro groups is 1. The molecule has 0 radical (unpaired) electrons. The largest absolute Gasteiger partial charge is 0.339 e. The van der Waals surface area contributed by atoms with E-state index >= 15 is 0 Å². The van der Waals surface area contributed by atoms with Crippen molar-refractivity contribution in [2.45, 2.75) is 0 Å². The number of nitrogens with one attached hydrogen (secondary N) is 2. The minimum atomic E-state index is -0.578. The van der Waals surface area contributed by atoms with Gasteiger partial charge >= 0.3 is 5.69 Å². The molecule has 10 nitrogen and oxygen atoms in total. The molecule has 0 fully saturated rings. The van der Waals surface area contributed by atoms with Crippen LogP contribution in [-0.2, 0) is 0 Å². The number of hydrogen-bond donors (Lipinski definition) is 2. The lowest BCUT2D eigenvalue weighted by atomic mass is 10.3. The van der Waals surface area contributed by atoms with Crippen molar-refractivity contribution in [3.63, 3.8) is 0 Å². The summed E-state index contributed by atoms with van der Waals surface area (Å²) < 4.78 is 0. The van der Waals surface area contributed by atoms with Crippen LogP contribution in [0.1, 0.15) is 5.82 Å². The number of H-pyrrole nitrogens is 1. The van der Waals surface area contributed by atoms with Gasteiger partial charge in [-0.05, 0) is 16.5 Å². The standard InChI is InChI=1S/C9H6N8O2/c10-4-6(8-13-15-16-14-8)5-12-9-7(17(18)19)2-1-3-11-9/h1-3,5H,(H,11,12)(H,13,14,15,16). The molecule has 0 spiro atoms. The zero-order chi connectivity index (χ0) is 13.7. The van der Waals surface area contributed by atoms with E-state index in [1.165, 1.54) is 24.5 Å². The maximum Gasteiger partial charge on any atom is 0.311 e. The molecule has 0 saturated heterocycles. The van der Waals surface area contributed by atoms with Gasteiger partial charge in [0.25, 0.3) is 0 Å². The van der Waals surface area contributed by atoms with Crippen LogP contribution in [0.4, 0.5) is 11.5 Å². The summed E-state index contributed by atoms with van der Waals surface area (Å²) >= 11 is 0. The highest BCUT2D eigenvalue weighted by molar-refractivity contribution is 5.74. The number of pyridine rings is 1. The molecule has 0 bridgehead atoms. The number of anilines is 1. The highest BCUT2D eigenvalue weighted by Crippen LogP contribution is 2.20. The quantitative estimate of drug-likeness (QED) is 0.457. The second-order valence-corrected chi connectivity index (χ2v) is 3.19. The van der Waals surface area contributed by atoms with Gasteiger partial charge in [0.2, 0.25) is 5.82 Å². The third kappa shape index (κ3) is 2.67. The second kappa shape index (κ2) is 5.32. The molecule has 2 heterocycles. The van der Waals surface area contributed by atoms with Crippen molar-refractivity contribution < 1.29 is 4.92 Å². The van der Waals surface area contributed by atoms with Crippen molar-refractivity contribution in [3.8, 4) is 6.07 Å². The van der Waals surface area contributed by atoms with Crippen molar-refractivity contribution in [1.82, 2.24) is 25.6 Å². The van der Waals surface area contributed by atoms with E-state index in [1.807, 2.05) is 6.07 Å². The normalized spacial score (nSPS) is 10.8. The molecule has 19 heavy (non-hydrogen) atoms. The lowest BCUT2D eigenvalue weighted by Crippen LogP contribution is -1.99. The first-order valence-electron chi connectivity index (χ1n) is 4.92. The Labute approximate surface area is 105 Å². The van der Waals surface area contributed by atoms with Crippen LogP contribution < -0.4 is 5.32 Å². The molecule has 0 unspecified atom stereocenters. The maximum atomic E-state index is 10.8. The topological polar surface area (TPSA) is 146 Å². The molecule has 10 heteroatoms. The fraction of sp³-hybridized carbons (Fsp3) is 0. The predicted molar refractivity (Wildman–Crippen MR) is 62.3 cm³/mol. The average molecular weight is 258 g/mol. The van der Waals surface area contributed by atoms with Gasteiger partial charge in [-0.25, -0.2) is 10.1 Å². The van der Waals surface area contributed by atoms with Gasteiger partial charge in [0, 0.05) is 18.5 Å². The molecule has 2 rings (SSSR count). The highest BCUT2D eigenvalue weighted by Gasteiger charge is 2.13. The summed E-state index contributed by atoms with van der Waals surface area (Å²) in [6.07, 6.45) is 2.63. The highest BCUT2D eigenvalue weighted by atomic mass is 16.6. The van der Waals surface area contributed by atoms with Crippen molar-refractivity contribution in [1.29, 1.82) is 5.26 Å². The zero-order valence-electron chi connectivity index (χ0n) is 9.31. The van der Waals surface area contributed by atoms with E-state index in [2.05, 4.69) is 30.9 Å². The molecule has 2 aromatic heterocycles. The van der Waals surface area contributed by atoms with Crippen LogP contribution in [0.3, 0.4) is 0 Å². The third-order valence-electron chi connectivity index (χ3n) is 2.06. The first-order valence-corrected chi connectivity index (χ1v) is 4.92. The Morgan fingerprint density at radius 1 is 1.63 bits per heavy atom. The summed E-state index contributed by atoms with van der Waals surface area (Å²) in [4.78, 5) is 14.0. The fourth-order valence-electron chi connectivity index (χ4n) is 1.22. The van der Waals surface area contributed by atoms with Gasteiger partial charge in [-0.3, -0.25) is 10.1 Å². The van der Waals surface area contributed by atoms with Crippen LogP contribution in [0.5, 0.6) is 0 Å². The molecule has 0 amide bonds. The van der Waals surface area contributed by atoms with Gasteiger partial charge in [-0.1, -0.05) is 0 Å². The van der Waals surface area contributed by atoms with E-state index in [0.717, 1.165) is 0 Å². The molecule has 0 saturated carbocycles. The van der Waals surface area contributed by atoms with E-state index in [0.29, 0.717) is 0 Å². The fourth-order valence-corrected chi connectivity index (χ4v) is 1.22. The Morgan fingerprint density at radius 3 is 3.11 bits per heavy atom. The Balaban J connectivity index is 2.27. The van der Waals surface area contributed by atoms with Crippen LogP contribution >= 0.6 is 0 Å². The van der Waals surface area contributed by atoms with Crippen molar-refractivity contribution in [3.05, 3.63) is 40.5 Å². The van der Waals surface area contributed by atoms with Gasteiger partial charge < -0.3 is 5.32 Å². The molecule has 0 aliphatic carbocycles. The third-order valence-corrected chi connectivity index (χ3v) is 2.06. The summed E-state index contributed by atoms with van der Waals surface area (Å²) in [6, 6.07) is 4.59. The van der Waals surface area contributed by atoms with E-state index < -0.39 is 4.92 Å². The number of aromatic nitrogens is 5. The van der Waals surface area contributed by atoms with E-state index in [-0.39, 0.29) is 22.9 Å². The maximum absolute atomic E-state index is 10.8. The van der Waals surface area contributed by atoms with Crippen molar-refractivity contribution in [2.24, 2.45) is 0 Å². The molecule has 94 valence electrons. The summed E-state index contributed by atoms with van der Waals surface area (Å²) in [5, 5.41) is 34.9. The Morgan fingerprint density at radius 2 is 2.47 bits per heavy atom. The van der Waals surface area contributed by atoms with Crippen LogP contribution in [0.15, 0.2) is 24.5 Å². The molecule has 2 aromatic rings. The summed E-state index contributed by atoms with van der Waals surface area (Å²) in [6.45, 7) is 0. The number of tetrazole rings is 1. The van der Waals surface area contributed by atoms with Gasteiger partial charge in [-0.2, -0.15) is 5.26 Å². The number of allylic oxidation sites excluding steroid dienone is 1. The molecule has 0 aromatic carbocycles. The van der Waals surface area contributed by atoms with Gasteiger partial charge in [0.1, 0.15) is 11.6 Å². The molecule has 2 N–H and O–H groups in total. The van der Waals surface area contributed by atoms with Crippen LogP contribution in [-0.4, -0.2) is 30.5 Å². The summed E-state index contributed by atoms with van der Waals surface area (Å²) in [5.41, 5.74) is -0.114. The molecule has 0 atom stereocenters. The zero-order valence-corrected chi connectivity index (χ0v) is 9.31. The lowest BCUT2D eigenvalue weighted by Gasteiger charge is -2.00. The monoisotopic (exact) mass is 258 g/mol. The van der Waals surface area contributed by atoms with Gasteiger partial charge in [0.15, 0.2) is 5.82 Å². The Hall–Kier alpha value is -3.35. The van der Waals surface area contributed by atoms with E-state index in [4.69, 9.17) is 5.26 Å². The minimum Gasteiger partial charge on any atom is -0.339 e. The summed E-state index contributed by atoms with van der Waals surface area (Å²) in [5.74, 6) is 0.168. The number of aromatic amines is 1. The lowest BCUT2D eigenvalue weighted by molar-refractivity contribution is -0.384. The summed E-state index contributed by atoms with van der Waals surface area (Å²) in [7, 11) is 0. The van der Waals surface area contributed by atoms with Crippen LogP contribution in [0, 0.1) is 21.4 Å². The van der Waals surface area contributed by atoms with Gasteiger partial charge in [0.05, 0.1) is 4.92 Å². The molecule has 0 aliphatic rings. The molecule has 0 aliphatic heterocycles. The number of nitrogens with zero attached hydrogens (tertiary/aromatic N) is 6. The van der Waals surface area contributed by atoms with E-state index in [1.54, 1.807) is 0 Å². The molecular weight excluding hydrogens is 252 g/mol. The Kier molecular flexibility index (Phi) is 3.39. The Bertz CT molecular complexity index is 657. The van der Waals surface area contributed by atoms with Crippen LogP contribution in [0.25, 0.3) is 5.57 Å². The minimum absolute atomic E-state index is 0.0210. The first-order chi connectivity index (χ1) is 9.22. The average Bonchev–Trinajstić information content (AvgIpc) is 2.94.